The van der Waals surface area contributed by atoms with Crippen LogP contribution in [0.4, 0.5) is 11.4 Å². The van der Waals surface area contributed by atoms with Crippen molar-refractivity contribution in [2.45, 2.75) is 36.8 Å². The summed E-state index contributed by atoms with van der Waals surface area (Å²) in [5.74, 6) is -1.49. The first-order valence-electron chi connectivity index (χ1n) is 13.7. The molecule has 0 unspecified atom stereocenters. The molecule has 4 aliphatic rings. The van der Waals surface area contributed by atoms with Crippen LogP contribution < -0.4 is 10.6 Å². The van der Waals surface area contributed by atoms with Crippen molar-refractivity contribution in [3.63, 3.8) is 0 Å². The van der Waals surface area contributed by atoms with Crippen LogP contribution in [0.15, 0.2) is 78.9 Å². The van der Waals surface area contributed by atoms with Crippen LogP contribution in [-0.2, 0) is 20.5 Å². The highest BCUT2D eigenvalue weighted by molar-refractivity contribution is 6.31. The van der Waals surface area contributed by atoms with Crippen LogP contribution >= 0.6 is 11.6 Å². The lowest BCUT2D eigenvalue weighted by Crippen LogP contribution is -2.62. The Morgan fingerprint density at radius 3 is 2.52 bits per heavy atom. The summed E-state index contributed by atoms with van der Waals surface area (Å²) in [6, 6.07) is 24.5. The summed E-state index contributed by atoms with van der Waals surface area (Å²) < 4.78 is 0. The molecule has 6 nitrogen and oxygen atoms in total. The maximum absolute atomic E-state index is 14.9. The monoisotopic (exact) mass is 547 g/mol. The summed E-state index contributed by atoms with van der Waals surface area (Å²) in [6.07, 6.45) is 1.54. The van der Waals surface area contributed by atoms with E-state index in [0.29, 0.717) is 46.1 Å². The van der Waals surface area contributed by atoms with E-state index in [9.17, 15) is 14.4 Å². The standard InChI is InChI=1S/C33H26ClN3O3/c1-18-15-22(34)17-24-28(18)36-31(40)33(24)32(23-9-4-5-10-25(23)35-30(32)39)27(26-11-6-14-37(26)33)29(38)21-13-12-19-7-2-3-8-20(19)16-21/h2-5,7-10,12-13,15-17,26-27H,6,11,14H2,1H3,(H,35,39)(H,36,40)/t26-,27+,32+,33-/m1/s1. The molecule has 198 valence electrons. The molecule has 0 bridgehead atoms. The van der Waals surface area contributed by atoms with Gasteiger partial charge in [-0.25, -0.2) is 0 Å². The number of anilines is 2. The number of amides is 2. The fourth-order valence-electron chi connectivity index (χ4n) is 8.33. The molecule has 2 fully saturated rings. The van der Waals surface area contributed by atoms with Crippen LogP contribution in [0.1, 0.15) is 39.9 Å². The lowest BCUT2D eigenvalue weighted by molar-refractivity contribution is -0.137. The van der Waals surface area contributed by atoms with E-state index in [0.717, 1.165) is 22.8 Å². The number of nitrogens with zero attached hydrogens (tertiary/aromatic N) is 1. The van der Waals surface area contributed by atoms with Gasteiger partial charge in [0.1, 0.15) is 11.0 Å². The van der Waals surface area contributed by atoms with E-state index in [1.807, 2.05) is 85.8 Å². The van der Waals surface area contributed by atoms with Crippen LogP contribution in [-0.4, -0.2) is 35.1 Å². The molecule has 40 heavy (non-hydrogen) atoms. The van der Waals surface area contributed by atoms with Crippen molar-refractivity contribution in [3.8, 4) is 0 Å². The second kappa shape index (κ2) is 8.03. The largest absolute Gasteiger partial charge is 0.325 e. The van der Waals surface area contributed by atoms with Gasteiger partial charge in [-0.3, -0.25) is 19.3 Å². The van der Waals surface area contributed by atoms with Gasteiger partial charge in [-0.15, -0.1) is 0 Å². The quantitative estimate of drug-likeness (QED) is 0.310. The van der Waals surface area contributed by atoms with Gasteiger partial charge in [0, 0.05) is 33.6 Å². The number of rotatable bonds is 2. The molecule has 2 amide bonds. The van der Waals surface area contributed by atoms with Crippen molar-refractivity contribution in [3.05, 3.63) is 106 Å². The summed E-state index contributed by atoms with van der Waals surface area (Å²) in [5, 5.41) is 8.71. The Hall–Kier alpha value is -4.00. The fourth-order valence-corrected chi connectivity index (χ4v) is 8.61. The molecular formula is C33H26ClN3O3. The second-order valence-corrected chi connectivity index (χ2v) is 11.9. The number of hydrogen-bond acceptors (Lipinski definition) is 4. The Morgan fingerprint density at radius 1 is 0.900 bits per heavy atom. The molecule has 4 aromatic carbocycles. The first kappa shape index (κ1) is 23.9. The van der Waals surface area contributed by atoms with Gasteiger partial charge < -0.3 is 10.6 Å². The van der Waals surface area contributed by atoms with Crippen LogP contribution in [0.5, 0.6) is 0 Å². The van der Waals surface area contributed by atoms with Gasteiger partial charge in [0.15, 0.2) is 5.78 Å². The number of Topliss-reactive ketones (excluding diaryl/α,β-unsaturated/α-hetero) is 1. The molecule has 4 atom stereocenters. The third-order valence-electron chi connectivity index (χ3n) is 9.68. The van der Waals surface area contributed by atoms with Gasteiger partial charge in [-0.2, -0.15) is 0 Å². The topological polar surface area (TPSA) is 78.5 Å². The van der Waals surface area contributed by atoms with Crippen molar-refractivity contribution in [1.82, 2.24) is 4.90 Å². The summed E-state index contributed by atoms with van der Waals surface area (Å²) in [7, 11) is 0. The predicted molar refractivity (Wildman–Crippen MR) is 155 cm³/mol. The molecule has 4 aromatic rings. The van der Waals surface area contributed by atoms with E-state index in [1.165, 1.54) is 0 Å². The minimum absolute atomic E-state index is 0.119. The molecule has 0 aliphatic carbocycles. The third-order valence-corrected chi connectivity index (χ3v) is 9.90. The SMILES string of the molecule is Cc1cc(Cl)cc2c1NC(=O)[C@]21N2CCC[C@@H]2[C@@H](C(=O)c2ccc3ccccc3c2)[C@@]12C(=O)Nc1ccccc12. The Morgan fingerprint density at radius 2 is 1.68 bits per heavy atom. The number of halogens is 1. The highest BCUT2D eigenvalue weighted by Crippen LogP contribution is 2.68. The molecule has 2 N–H and O–H groups in total. The van der Waals surface area contributed by atoms with E-state index in [4.69, 9.17) is 11.6 Å². The zero-order valence-electron chi connectivity index (χ0n) is 21.8. The molecule has 8 rings (SSSR count). The number of benzene rings is 4. The molecule has 4 aliphatic heterocycles. The number of para-hydroxylation sites is 1. The van der Waals surface area contributed by atoms with Gasteiger partial charge in [-0.05, 0) is 72.5 Å². The van der Waals surface area contributed by atoms with Crippen LogP contribution in [0, 0.1) is 12.8 Å². The average molecular weight is 548 g/mol. The van der Waals surface area contributed by atoms with E-state index in [-0.39, 0.29) is 23.6 Å². The molecular weight excluding hydrogens is 522 g/mol. The molecule has 4 heterocycles. The van der Waals surface area contributed by atoms with Crippen molar-refractivity contribution >= 4 is 51.3 Å². The number of fused-ring (bicyclic) bond motifs is 8. The minimum Gasteiger partial charge on any atom is -0.325 e. The summed E-state index contributed by atoms with van der Waals surface area (Å²) in [5.41, 5.74) is 1.15. The molecule has 2 spiro atoms. The Labute approximate surface area is 236 Å². The molecule has 7 heteroatoms. The number of carbonyl (C=O) groups is 3. The van der Waals surface area contributed by atoms with E-state index >= 15 is 0 Å². The van der Waals surface area contributed by atoms with Crippen molar-refractivity contribution in [2.75, 3.05) is 17.2 Å². The number of ketones is 1. The minimum atomic E-state index is -1.48. The number of aryl methyl sites for hydroxylation is 1. The molecule has 0 aromatic heterocycles. The maximum Gasteiger partial charge on any atom is 0.251 e. The highest BCUT2D eigenvalue weighted by atomic mass is 35.5. The zero-order valence-corrected chi connectivity index (χ0v) is 22.6. The first-order valence-corrected chi connectivity index (χ1v) is 14.1. The Kier molecular flexibility index (Phi) is 4.79. The number of hydrogen-bond donors (Lipinski definition) is 2. The van der Waals surface area contributed by atoms with Crippen LogP contribution in [0.25, 0.3) is 10.8 Å². The lowest BCUT2D eigenvalue weighted by Gasteiger charge is -2.43. The van der Waals surface area contributed by atoms with Crippen LogP contribution in [0.2, 0.25) is 5.02 Å². The smallest absolute Gasteiger partial charge is 0.251 e. The Balaban J connectivity index is 1.46. The van der Waals surface area contributed by atoms with Crippen molar-refractivity contribution < 1.29 is 14.4 Å². The fraction of sp³-hybridized carbons (Fsp3) is 0.242. The highest BCUT2D eigenvalue weighted by Gasteiger charge is 2.81. The van der Waals surface area contributed by atoms with Gasteiger partial charge in [-0.1, -0.05) is 66.2 Å². The van der Waals surface area contributed by atoms with Gasteiger partial charge in [0.25, 0.3) is 5.91 Å². The van der Waals surface area contributed by atoms with Gasteiger partial charge >= 0.3 is 0 Å². The van der Waals surface area contributed by atoms with Crippen LogP contribution in [0.3, 0.4) is 0 Å². The van der Waals surface area contributed by atoms with Crippen molar-refractivity contribution in [2.24, 2.45) is 5.92 Å². The Bertz CT molecular complexity index is 1820. The third kappa shape index (κ3) is 2.66. The molecule has 0 radical (unpaired) electrons. The second-order valence-electron chi connectivity index (χ2n) is 11.4. The van der Waals surface area contributed by atoms with Gasteiger partial charge in [0.05, 0.1) is 5.92 Å². The lowest BCUT2D eigenvalue weighted by atomic mass is 9.57. The predicted octanol–water partition coefficient (Wildman–Crippen LogP) is 5.82. The summed E-state index contributed by atoms with van der Waals surface area (Å²) in [4.78, 5) is 46.2. The average Bonchev–Trinajstić information content (AvgIpc) is 3.67. The molecule has 0 saturated carbocycles. The molecule has 2 saturated heterocycles. The van der Waals surface area contributed by atoms with E-state index in [2.05, 4.69) is 15.5 Å². The number of carbonyl (C=O) groups excluding carboxylic acids is 3. The normalized spacial score (nSPS) is 28.1. The summed E-state index contributed by atoms with van der Waals surface area (Å²) >= 11 is 6.64. The first-order chi connectivity index (χ1) is 19.4. The zero-order chi connectivity index (χ0) is 27.4. The van der Waals surface area contributed by atoms with Crippen molar-refractivity contribution in [1.29, 1.82) is 0 Å². The van der Waals surface area contributed by atoms with E-state index < -0.39 is 16.9 Å². The van der Waals surface area contributed by atoms with Gasteiger partial charge in [0.2, 0.25) is 5.91 Å². The number of nitrogens with one attached hydrogen (secondary N) is 2. The van der Waals surface area contributed by atoms with E-state index in [1.54, 1.807) is 0 Å². The maximum atomic E-state index is 14.9. The summed E-state index contributed by atoms with van der Waals surface area (Å²) in [6.45, 7) is 2.51.